The molecule has 2 unspecified atom stereocenters. The van der Waals surface area contributed by atoms with Crippen molar-refractivity contribution in [3.8, 4) is 11.4 Å². The van der Waals surface area contributed by atoms with Gasteiger partial charge in [0.15, 0.2) is 5.78 Å². The number of ether oxygens (including phenoxy) is 2. The Labute approximate surface area is 219 Å². The van der Waals surface area contributed by atoms with Crippen molar-refractivity contribution in [2.45, 2.75) is 51.5 Å². The molecule has 0 spiro atoms. The number of carbonyl (C=O) groups is 4. The molecule has 0 saturated carbocycles. The molecule has 200 valence electrons. The van der Waals surface area contributed by atoms with E-state index in [1.165, 1.54) is 7.05 Å². The number of Topliss-reactive ketones (excluding diaryl/α,β-unsaturated/α-hetero) is 1. The van der Waals surface area contributed by atoms with E-state index >= 15 is 0 Å². The summed E-state index contributed by atoms with van der Waals surface area (Å²) in [6.45, 7) is 4.94. The summed E-state index contributed by atoms with van der Waals surface area (Å²) in [4.78, 5) is 51.5. The maximum atomic E-state index is 13.3. The van der Waals surface area contributed by atoms with Crippen LogP contribution in [0.2, 0.25) is 0 Å². The lowest BCUT2D eigenvalue weighted by Crippen LogP contribution is -2.43. The maximum absolute atomic E-state index is 13.3. The summed E-state index contributed by atoms with van der Waals surface area (Å²) in [7, 11) is 1.50. The Morgan fingerprint density at radius 3 is 2.42 bits per heavy atom. The van der Waals surface area contributed by atoms with Crippen molar-refractivity contribution in [1.82, 2.24) is 25.5 Å². The molecule has 0 aliphatic rings. The van der Waals surface area contributed by atoms with E-state index in [4.69, 9.17) is 15.2 Å². The van der Waals surface area contributed by atoms with E-state index in [0.717, 1.165) is 4.80 Å². The molecule has 0 aliphatic heterocycles. The highest BCUT2D eigenvalue weighted by Crippen LogP contribution is 2.19. The van der Waals surface area contributed by atoms with Crippen LogP contribution in [0.1, 0.15) is 49.2 Å². The Hall–Kier alpha value is -4.45. The molecule has 0 fully saturated rings. The summed E-state index contributed by atoms with van der Waals surface area (Å²) in [6, 6.07) is 12.2. The van der Waals surface area contributed by atoms with Crippen LogP contribution in [0.25, 0.3) is 11.4 Å². The average molecular weight is 523 g/mol. The standard InChI is InChI=1S/C26H30N6O6/c1-26(2,3)38-20(33)14-19(27)22(34)21(25(36)37-15-16-9-6-5-7-10-16)32-30-23(29-31-32)17-11-8-12-18(13-17)24(35)28-4/h5-13,19,21H,14-15,27H2,1-4H3,(H,28,35). The fraction of sp³-hybridized carbons (Fsp3) is 0.346. The van der Waals surface area contributed by atoms with Crippen molar-refractivity contribution in [3.05, 3.63) is 65.7 Å². The number of nitrogens with two attached hydrogens (primary N) is 1. The van der Waals surface area contributed by atoms with Gasteiger partial charge in [0.2, 0.25) is 11.9 Å². The van der Waals surface area contributed by atoms with E-state index in [1.807, 2.05) is 6.07 Å². The van der Waals surface area contributed by atoms with Gasteiger partial charge in [-0.05, 0) is 43.7 Å². The van der Waals surface area contributed by atoms with Gasteiger partial charge in [-0.15, -0.1) is 15.0 Å². The number of carbonyl (C=O) groups excluding carboxylic acids is 4. The van der Waals surface area contributed by atoms with Gasteiger partial charge in [-0.2, -0.15) is 0 Å². The van der Waals surface area contributed by atoms with E-state index in [-0.39, 0.29) is 18.3 Å². The molecule has 1 heterocycles. The van der Waals surface area contributed by atoms with Crippen molar-refractivity contribution in [2.75, 3.05) is 7.05 Å². The number of amides is 1. The number of nitrogens with zero attached hydrogens (tertiary/aromatic N) is 4. The molecule has 0 radical (unpaired) electrons. The first-order valence-corrected chi connectivity index (χ1v) is 11.8. The molecule has 38 heavy (non-hydrogen) atoms. The summed E-state index contributed by atoms with van der Waals surface area (Å²) >= 11 is 0. The highest BCUT2D eigenvalue weighted by atomic mass is 16.6. The van der Waals surface area contributed by atoms with Gasteiger partial charge in [0, 0.05) is 18.2 Å². The Balaban J connectivity index is 1.88. The minimum absolute atomic E-state index is 0.0603. The topological polar surface area (TPSA) is 168 Å². The maximum Gasteiger partial charge on any atom is 0.341 e. The van der Waals surface area contributed by atoms with E-state index in [0.29, 0.717) is 16.7 Å². The van der Waals surface area contributed by atoms with Crippen LogP contribution in [0.5, 0.6) is 0 Å². The molecule has 0 saturated heterocycles. The largest absolute Gasteiger partial charge is 0.460 e. The number of hydrogen-bond donors (Lipinski definition) is 2. The van der Waals surface area contributed by atoms with Crippen molar-refractivity contribution >= 4 is 23.6 Å². The number of esters is 2. The smallest absolute Gasteiger partial charge is 0.341 e. The van der Waals surface area contributed by atoms with Crippen LogP contribution >= 0.6 is 0 Å². The summed E-state index contributed by atoms with van der Waals surface area (Å²) < 4.78 is 10.6. The molecular weight excluding hydrogens is 492 g/mol. The molecule has 0 aliphatic carbocycles. The zero-order valence-electron chi connectivity index (χ0n) is 21.6. The molecule has 1 aromatic heterocycles. The van der Waals surface area contributed by atoms with Crippen LogP contribution in [0.3, 0.4) is 0 Å². The van der Waals surface area contributed by atoms with E-state index < -0.39 is 41.8 Å². The summed E-state index contributed by atoms with van der Waals surface area (Å²) in [5.41, 5.74) is 6.72. The van der Waals surface area contributed by atoms with Crippen molar-refractivity contribution < 1.29 is 28.7 Å². The second-order valence-corrected chi connectivity index (χ2v) is 9.39. The van der Waals surface area contributed by atoms with Gasteiger partial charge in [0.25, 0.3) is 5.91 Å². The van der Waals surface area contributed by atoms with Gasteiger partial charge >= 0.3 is 11.9 Å². The molecule has 0 bridgehead atoms. The Bertz CT molecular complexity index is 1300. The van der Waals surface area contributed by atoms with Crippen molar-refractivity contribution in [1.29, 1.82) is 0 Å². The average Bonchev–Trinajstić information content (AvgIpc) is 3.36. The highest BCUT2D eigenvalue weighted by Gasteiger charge is 2.37. The second kappa shape index (κ2) is 12.2. The van der Waals surface area contributed by atoms with Crippen LogP contribution in [-0.2, 0) is 30.5 Å². The third-order valence-electron chi connectivity index (χ3n) is 5.16. The molecule has 3 N–H and O–H groups in total. The SMILES string of the molecule is CNC(=O)c1cccc(-c2nnn(C(C(=O)OCc3ccccc3)C(=O)C(N)CC(=O)OC(C)(C)C)n2)c1. The van der Waals surface area contributed by atoms with Crippen molar-refractivity contribution in [2.24, 2.45) is 5.73 Å². The van der Waals surface area contributed by atoms with Gasteiger partial charge in [-0.25, -0.2) is 4.79 Å². The predicted molar refractivity (Wildman–Crippen MR) is 135 cm³/mol. The second-order valence-electron chi connectivity index (χ2n) is 9.39. The van der Waals surface area contributed by atoms with Gasteiger partial charge in [0.05, 0.1) is 12.5 Å². The predicted octanol–water partition coefficient (Wildman–Crippen LogP) is 1.61. The molecule has 12 nitrogen and oxygen atoms in total. The first-order valence-electron chi connectivity index (χ1n) is 11.8. The van der Waals surface area contributed by atoms with Gasteiger partial charge in [-0.1, -0.05) is 42.5 Å². The molecular formula is C26H30N6O6. The summed E-state index contributed by atoms with van der Waals surface area (Å²) in [5.74, 6) is -2.78. The monoisotopic (exact) mass is 522 g/mol. The van der Waals surface area contributed by atoms with Crippen molar-refractivity contribution in [3.63, 3.8) is 0 Å². The highest BCUT2D eigenvalue weighted by molar-refractivity contribution is 6.04. The summed E-state index contributed by atoms with van der Waals surface area (Å²) in [5, 5.41) is 14.5. The molecule has 3 aromatic rings. The first-order chi connectivity index (χ1) is 18.0. The fourth-order valence-electron chi connectivity index (χ4n) is 3.39. The third-order valence-corrected chi connectivity index (χ3v) is 5.16. The number of benzene rings is 2. The van der Waals surface area contributed by atoms with Crippen LogP contribution in [0, 0.1) is 0 Å². The zero-order chi connectivity index (χ0) is 27.9. The van der Waals surface area contributed by atoms with E-state index in [9.17, 15) is 19.2 Å². The lowest BCUT2D eigenvalue weighted by Gasteiger charge is -2.21. The van der Waals surface area contributed by atoms with Crippen LogP contribution < -0.4 is 11.1 Å². The Kier molecular flexibility index (Phi) is 9.02. The number of nitrogens with one attached hydrogen (secondary N) is 1. The number of rotatable bonds is 10. The van der Waals surface area contributed by atoms with Crippen LogP contribution in [-0.4, -0.2) is 62.5 Å². The lowest BCUT2D eigenvalue weighted by molar-refractivity contribution is -0.158. The molecule has 1 amide bonds. The fourth-order valence-corrected chi connectivity index (χ4v) is 3.39. The molecule has 3 rings (SSSR count). The van der Waals surface area contributed by atoms with E-state index in [2.05, 4.69) is 20.7 Å². The molecule has 2 atom stereocenters. The summed E-state index contributed by atoms with van der Waals surface area (Å²) in [6.07, 6.45) is -0.464. The van der Waals surface area contributed by atoms with Crippen LogP contribution in [0.4, 0.5) is 0 Å². The molecule has 2 aromatic carbocycles. The first kappa shape index (κ1) is 28.1. The van der Waals surface area contributed by atoms with E-state index in [1.54, 1.807) is 69.3 Å². The van der Waals surface area contributed by atoms with Gasteiger partial charge in [0.1, 0.15) is 12.2 Å². The Morgan fingerprint density at radius 1 is 1.05 bits per heavy atom. The third kappa shape index (κ3) is 7.53. The minimum Gasteiger partial charge on any atom is -0.460 e. The minimum atomic E-state index is -1.71. The Morgan fingerprint density at radius 2 is 1.76 bits per heavy atom. The van der Waals surface area contributed by atoms with Crippen LogP contribution in [0.15, 0.2) is 54.6 Å². The number of tetrazole rings is 1. The van der Waals surface area contributed by atoms with Gasteiger partial charge in [-0.3, -0.25) is 14.4 Å². The lowest BCUT2D eigenvalue weighted by atomic mass is 10.0. The zero-order valence-corrected chi connectivity index (χ0v) is 21.6. The number of hydrogen-bond acceptors (Lipinski definition) is 10. The quantitative estimate of drug-likeness (QED) is 0.295. The number of ketones is 1. The van der Waals surface area contributed by atoms with Gasteiger partial charge < -0.3 is 20.5 Å². The normalized spacial score (nSPS) is 12.8. The molecule has 12 heteroatoms. The number of aromatic nitrogens is 4.